The fourth-order valence-electron chi connectivity index (χ4n) is 3.62. The predicted octanol–water partition coefficient (Wildman–Crippen LogP) is 6.47. The van der Waals surface area contributed by atoms with E-state index in [1.807, 2.05) is 19.1 Å². The van der Waals surface area contributed by atoms with E-state index in [4.69, 9.17) is 65.4 Å². The molecule has 2 heterocycles. The summed E-state index contributed by atoms with van der Waals surface area (Å²) in [5, 5.41) is 2.26. The molecular formula is C22H20Cl4O4. The lowest BCUT2D eigenvalue weighted by atomic mass is 9.94. The van der Waals surface area contributed by atoms with E-state index in [9.17, 15) is 0 Å². The Hall–Kier alpha value is -0.820. The van der Waals surface area contributed by atoms with Gasteiger partial charge in [-0.3, -0.25) is 0 Å². The van der Waals surface area contributed by atoms with Gasteiger partial charge in [0.2, 0.25) is 0 Å². The zero-order valence-corrected chi connectivity index (χ0v) is 19.2. The maximum Gasteiger partial charge on any atom is 0.195 e. The Bertz CT molecular complexity index is 966. The molecule has 2 aromatic carbocycles. The molecule has 2 aliphatic heterocycles. The van der Waals surface area contributed by atoms with Crippen LogP contribution in [0.25, 0.3) is 0 Å². The summed E-state index contributed by atoms with van der Waals surface area (Å²) in [5.41, 5.74) is 1.86. The molecule has 0 radical (unpaired) electrons. The van der Waals surface area contributed by atoms with Crippen LogP contribution in [0.3, 0.4) is 0 Å². The molecule has 0 aliphatic carbocycles. The van der Waals surface area contributed by atoms with Crippen molar-refractivity contribution >= 4 is 46.4 Å². The van der Waals surface area contributed by atoms with Gasteiger partial charge in [-0.2, -0.15) is 0 Å². The standard InChI is InChI=1S/C22H20Cl4O4/c1-12(2)22-20(28-10-14-4-6-16(24)8-18(14)26)19(29-21(22)30-22)11-27-9-13-3-5-15(23)7-17(13)25/h3-8,19-21H,1,9-11H2,2H3/t19-,20-,21-,22-/m1/s1. The number of hydrogen-bond acceptors (Lipinski definition) is 4. The largest absolute Gasteiger partial charge is 0.374 e. The number of benzene rings is 2. The Morgan fingerprint density at radius 3 is 2.17 bits per heavy atom. The Labute approximate surface area is 195 Å². The van der Waals surface area contributed by atoms with Gasteiger partial charge in [-0.1, -0.05) is 65.1 Å². The van der Waals surface area contributed by atoms with Gasteiger partial charge in [0.1, 0.15) is 12.2 Å². The lowest BCUT2D eigenvalue weighted by Gasteiger charge is -2.26. The van der Waals surface area contributed by atoms with Crippen LogP contribution in [0.4, 0.5) is 0 Å². The molecule has 0 N–H and O–H groups in total. The molecule has 0 amide bonds. The highest BCUT2D eigenvalue weighted by Gasteiger charge is 2.72. The van der Waals surface area contributed by atoms with E-state index in [0.29, 0.717) is 33.3 Å². The second-order valence-electron chi connectivity index (χ2n) is 7.42. The molecule has 2 saturated heterocycles. The normalized spacial score (nSPS) is 27.2. The van der Waals surface area contributed by atoms with Gasteiger partial charge in [-0.25, -0.2) is 0 Å². The molecule has 8 heteroatoms. The molecule has 0 bridgehead atoms. The smallest absolute Gasteiger partial charge is 0.195 e. The molecule has 4 rings (SSSR count). The molecule has 30 heavy (non-hydrogen) atoms. The van der Waals surface area contributed by atoms with Crippen molar-refractivity contribution in [3.63, 3.8) is 0 Å². The van der Waals surface area contributed by atoms with Crippen LogP contribution in [-0.4, -0.2) is 30.7 Å². The van der Waals surface area contributed by atoms with Crippen molar-refractivity contribution < 1.29 is 18.9 Å². The van der Waals surface area contributed by atoms with Crippen molar-refractivity contribution in [3.05, 3.63) is 79.8 Å². The number of epoxide rings is 1. The highest BCUT2D eigenvalue weighted by Crippen LogP contribution is 2.54. The Balaban J connectivity index is 1.42. The minimum absolute atomic E-state index is 0.286. The Morgan fingerprint density at radius 1 is 1.00 bits per heavy atom. The lowest BCUT2D eigenvalue weighted by molar-refractivity contribution is -0.132. The van der Waals surface area contributed by atoms with E-state index in [1.165, 1.54) is 0 Å². The first-order valence-electron chi connectivity index (χ1n) is 9.37. The van der Waals surface area contributed by atoms with Crippen LogP contribution in [-0.2, 0) is 32.2 Å². The Kier molecular flexibility index (Phi) is 6.69. The van der Waals surface area contributed by atoms with Crippen molar-refractivity contribution in [2.45, 2.75) is 44.2 Å². The van der Waals surface area contributed by atoms with E-state index in [1.54, 1.807) is 24.3 Å². The summed E-state index contributed by atoms with van der Waals surface area (Å²) in [5.74, 6) is 0. The van der Waals surface area contributed by atoms with Crippen molar-refractivity contribution in [2.75, 3.05) is 6.61 Å². The molecule has 0 aromatic heterocycles. The summed E-state index contributed by atoms with van der Waals surface area (Å²) >= 11 is 24.4. The van der Waals surface area contributed by atoms with Crippen LogP contribution in [0.2, 0.25) is 20.1 Å². The number of halogens is 4. The van der Waals surface area contributed by atoms with Gasteiger partial charge in [0.15, 0.2) is 11.9 Å². The van der Waals surface area contributed by atoms with Gasteiger partial charge in [0.25, 0.3) is 0 Å². The molecule has 4 atom stereocenters. The summed E-state index contributed by atoms with van der Waals surface area (Å²) < 4.78 is 23.9. The second-order valence-corrected chi connectivity index (χ2v) is 9.10. The zero-order chi connectivity index (χ0) is 21.5. The van der Waals surface area contributed by atoms with Crippen molar-refractivity contribution in [2.24, 2.45) is 0 Å². The summed E-state index contributed by atoms with van der Waals surface area (Å²) in [6, 6.07) is 10.6. The number of fused-ring (bicyclic) bond motifs is 1. The molecule has 2 aliphatic rings. The SMILES string of the molecule is C=C(C)[C@]12O[C@H]1O[C@H](COCc1ccc(Cl)cc1Cl)[C@H]2OCc1ccc(Cl)cc1Cl. The third-order valence-corrected chi connectivity index (χ3v) is 6.48. The highest BCUT2D eigenvalue weighted by molar-refractivity contribution is 6.35. The van der Waals surface area contributed by atoms with Crippen LogP contribution in [0.1, 0.15) is 18.1 Å². The van der Waals surface area contributed by atoms with Crippen LogP contribution in [0.5, 0.6) is 0 Å². The topological polar surface area (TPSA) is 40.2 Å². The molecule has 0 spiro atoms. The van der Waals surface area contributed by atoms with E-state index in [2.05, 4.69) is 6.58 Å². The van der Waals surface area contributed by atoms with Crippen molar-refractivity contribution in [1.82, 2.24) is 0 Å². The summed E-state index contributed by atoms with van der Waals surface area (Å²) in [7, 11) is 0. The molecule has 160 valence electrons. The molecule has 2 fully saturated rings. The van der Waals surface area contributed by atoms with Gasteiger partial charge in [0.05, 0.1) is 19.8 Å². The van der Waals surface area contributed by atoms with E-state index < -0.39 is 5.60 Å². The van der Waals surface area contributed by atoms with Crippen LogP contribution < -0.4 is 0 Å². The third kappa shape index (κ3) is 4.38. The maximum atomic E-state index is 6.28. The fraction of sp³-hybridized carbons (Fsp3) is 0.364. The van der Waals surface area contributed by atoms with E-state index >= 15 is 0 Å². The first-order chi connectivity index (χ1) is 14.3. The monoisotopic (exact) mass is 488 g/mol. The average Bonchev–Trinajstić information content (AvgIpc) is 3.32. The van der Waals surface area contributed by atoms with Crippen LogP contribution >= 0.6 is 46.4 Å². The average molecular weight is 490 g/mol. The molecular weight excluding hydrogens is 470 g/mol. The van der Waals surface area contributed by atoms with Gasteiger partial charge >= 0.3 is 0 Å². The minimum atomic E-state index is -0.662. The molecule has 0 unspecified atom stereocenters. The lowest BCUT2D eigenvalue weighted by Crippen LogP contribution is -2.41. The van der Waals surface area contributed by atoms with Gasteiger partial charge in [0, 0.05) is 20.1 Å². The predicted molar refractivity (Wildman–Crippen MR) is 118 cm³/mol. The molecule has 0 saturated carbocycles. The minimum Gasteiger partial charge on any atom is -0.374 e. The zero-order valence-electron chi connectivity index (χ0n) is 16.2. The Morgan fingerprint density at radius 2 is 1.60 bits per heavy atom. The summed E-state index contributed by atoms with van der Waals surface area (Å²) in [6.07, 6.45) is -1.08. The van der Waals surface area contributed by atoms with Gasteiger partial charge < -0.3 is 18.9 Å². The number of ether oxygens (including phenoxy) is 4. The highest BCUT2D eigenvalue weighted by atomic mass is 35.5. The second kappa shape index (κ2) is 8.97. The van der Waals surface area contributed by atoms with Crippen LogP contribution in [0, 0.1) is 0 Å². The summed E-state index contributed by atoms with van der Waals surface area (Å²) in [6.45, 7) is 6.91. The molecule has 4 nitrogen and oxygen atoms in total. The van der Waals surface area contributed by atoms with Crippen LogP contribution in [0.15, 0.2) is 48.6 Å². The fourth-order valence-corrected chi connectivity index (χ4v) is 4.55. The van der Waals surface area contributed by atoms with Gasteiger partial charge in [-0.05, 0) is 47.9 Å². The number of rotatable bonds is 8. The first kappa shape index (κ1) is 22.4. The number of hydrogen-bond donors (Lipinski definition) is 0. The van der Waals surface area contributed by atoms with E-state index in [0.717, 1.165) is 16.7 Å². The third-order valence-electron chi connectivity index (χ3n) is 5.31. The van der Waals surface area contributed by atoms with Crippen molar-refractivity contribution in [3.8, 4) is 0 Å². The quantitative estimate of drug-likeness (QED) is 0.314. The van der Waals surface area contributed by atoms with Gasteiger partial charge in [-0.15, -0.1) is 0 Å². The summed E-state index contributed by atoms with van der Waals surface area (Å²) in [4.78, 5) is 0. The first-order valence-corrected chi connectivity index (χ1v) is 10.9. The molecule has 2 aromatic rings. The maximum absolute atomic E-state index is 6.28. The van der Waals surface area contributed by atoms with Crippen molar-refractivity contribution in [1.29, 1.82) is 0 Å². The van der Waals surface area contributed by atoms with E-state index in [-0.39, 0.29) is 25.1 Å².